The van der Waals surface area contributed by atoms with Crippen LogP contribution in [0.15, 0.2) is 48.5 Å². The van der Waals surface area contributed by atoms with Crippen LogP contribution in [0.5, 0.6) is 5.75 Å². The topological polar surface area (TPSA) is 61.9 Å². The van der Waals surface area contributed by atoms with Gasteiger partial charge in [0.2, 0.25) is 5.91 Å². The molecule has 2 aromatic carbocycles. The van der Waals surface area contributed by atoms with Crippen molar-refractivity contribution in [3.63, 3.8) is 0 Å². The Bertz CT molecular complexity index is 851. The summed E-state index contributed by atoms with van der Waals surface area (Å²) in [5, 5.41) is 2.88. The van der Waals surface area contributed by atoms with E-state index in [9.17, 15) is 9.59 Å². The first-order valence-corrected chi connectivity index (χ1v) is 11.3. The highest BCUT2D eigenvalue weighted by Crippen LogP contribution is 2.16. The Labute approximate surface area is 182 Å². The number of carbonyl (C=O) groups excluding carboxylic acids is 2. The summed E-state index contributed by atoms with van der Waals surface area (Å²) in [6, 6.07) is 15.1. The first kappa shape index (κ1) is 22.0. The number of hydrogen-bond acceptors (Lipinski definition) is 4. The van der Waals surface area contributed by atoms with E-state index in [0.717, 1.165) is 41.5 Å². The quantitative estimate of drug-likeness (QED) is 0.733. The van der Waals surface area contributed by atoms with Crippen molar-refractivity contribution in [3.8, 4) is 5.75 Å². The third-order valence-electron chi connectivity index (χ3n) is 5.05. The van der Waals surface area contributed by atoms with Crippen molar-refractivity contribution in [2.45, 2.75) is 13.3 Å². The average Bonchev–Trinajstić information content (AvgIpc) is 2.77. The molecular formula is C23H29N3O3S. The molecule has 0 saturated carbocycles. The largest absolute Gasteiger partial charge is 0.491 e. The second kappa shape index (κ2) is 10.9. The Balaban J connectivity index is 1.43. The van der Waals surface area contributed by atoms with Gasteiger partial charge in [-0.25, -0.2) is 4.79 Å². The predicted octanol–water partition coefficient (Wildman–Crippen LogP) is 3.66. The monoisotopic (exact) mass is 427 g/mol. The van der Waals surface area contributed by atoms with Crippen LogP contribution in [0.4, 0.5) is 10.5 Å². The minimum Gasteiger partial charge on any atom is -0.491 e. The zero-order chi connectivity index (χ0) is 21.3. The highest BCUT2D eigenvalue weighted by molar-refractivity contribution is 7.99. The van der Waals surface area contributed by atoms with E-state index in [2.05, 4.69) is 5.32 Å². The van der Waals surface area contributed by atoms with Gasteiger partial charge in [0.05, 0.1) is 13.0 Å². The molecule has 0 aromatic heterocycles. The van der Waals surface area contributed by atoms with Gasteiger partial charge in [-0.1, -0.05) is 30.3 Å². The molecule has 1 N–H and O–H groups in total. The van der Waals surface area contributed by atoms with Crippen molar-refractivity contribution in [1.82, 2.24) is 9.80 Å². The van der Waals surface area contributed by atoms with Gasteiger partial charge in [-0.05, 0) is 36.2 Å². The van der Waals surface area contributed by atoms with Crippen molar-refractivity contribution in [2.75, 3.05) is 50.1 Å². The second-order valence-corrected chi connectivity index (χ2v) is 8.56. The Hall–Kier alpha value is -2.67. The first-order valence-electron chi connectivity index (χ1n) is 10.2. The van der Waals surface area contributed by atoms with Crippen LogP contribution in [0.1, 0.15) is 11.1 Å². The first-order chi connectivity index (χ1) is 14.5. The second-order valence-electron chi connectivity index (χ2n) is 7.33. The number of nitrogens with one attached hydrogen (secondary N) is 1. The smallest absolute Gasteiger partial charge is 0.321 e. The molecule has 0 atom stereocenters. The predicted molar refractivity (Wildman–Crippen MR) is 122 cm³/mol. The molecule has 0 unspecified atom stereocenters. The average molecular weight is 428 g/mol. The van der Waals surface area contributed by atoms with Crippen LogP contribution < -0.4 is 10.1 Å². The fraction of sp³-hybridized carbons (Fsp3) is 0.391. The summed E-state index contributed by atoms with van der Waals surface area (Å²) in [6.07, 6.45) is 0.398. The summed E-state index contributed by atoms with van der Waals surface area (Å²) in [6.45, 7) is 4.55. The van der Waals surface area contributed by atoms with E-state index >= 15 is 0 Å². The Kier molecular flexibility index (Phi) is 8.02. The number of anilines is 1. The fourth-order valence-corrected chi connectivity index (χ4v) is 4.04. The summed E-state index contributed by atoms with van der Waals surface area (Å²) >= 11 is 1.89. The maximum Gasteiger partial charge on any atom is 0.321 e. The molecule has 1 saturated heterocycles. The van der Waals surface area contributed by atoms with Gasteiger partial charge >= 0.3 is 6.03 Å². The number of rotatable bonds is 7. The molecule has 0 radical (unpaired) electrons. The number of hydrogen-bond donors (Lipinski definition) is 1. The summed E-state index contributed by atoms with van der Waals surface area (Å²) in [4.78, 5) is 28.3. The third-order valence-corrected chi connectivity index (χ3v) is 5.99. The van der Waals surface area contributed by atoms with Crippen molar-refractivity contribution in [1.29, 1.82) is 0 Å². The molecule has 1 aliphatic rings. The number of aryl methyl sites for hydroxylation is 1. The minimum atomic E-state index is -0.196. The summed E-state index contributed by atoms with van der Waals surface area (Å²) in [5.74, 6) is 3.03. The van der Waals surface area contributed by atoms with E-state index in [0.29, 0.717) is 25.3 Å². The SMILES string of the molecule is Cc1ccccc1OCCN(C)C(=O)Nc1ccc(CC(=O)N2CCSCC2)cc1. The lowest BCUT2D eigenvalue weighted by atomic mass is 10.1. The number of carbonyl (C=O) groups is 2. The number of likely N-dealkylation sites (N-methyl/N-ethyl adjacent to an activating group) is 1. The number of nitrogens with zero attached hydrogens (tertiary/aromatic N) is 2. The van der Waals surface area contributed by atoms with Crippen LogP contribution in [-0.4, -0.2) is 66.5 Å². The standard InChI is InChI=1S/C23H29N3O3S/c1-18-5-3-4-6-21(18)29-14-11-25(2)23(28)24-20-9-7-19(8-10-20)17-22(27)26-12-15-30-16-13-26/h3-10H,11-17H2,1-2H3,(H,24,28). The van der Waals surface area contributed by atoms with Crippen LogP contribution in [0.2, 0.25) is 0 Å². The normalized spacial score (nSPS) is 13.6. The van der Waals surface area contributed by atoms with Gasteiger partial charge in [-0.3, -0.25) is 4.79 Å². The molecule has 1 fully saturated rings. The molecule has 2 aromatic rings. The van der Waals surface area contributed by atoms with Crippen molar-refractivity contribution in [3.05, 3.63) is 59.7 Å². The maximum atomic E-state index is 12.4. The zero-order valence-corrected chi connectivity index (χ0v) is 18.4. The van der Waals surface area contributed by atoms with E-state index in [1.807, 2.05) is 72.1 Å². The number of amides is 3. The fourth-order valence-electron chi connectivity index (χ4n) is 3.14. The summed E-state index contributed by atoms with van der Waals surface area (Å²) in [5.41, 5.74) is 2.73. The molecule has 0 bridgehead atoms. The van der Waals surface area contributed by atoms with Crippen molar-refractivity contribution >= 4 is 29.4 Å². The molecule has 7 heteroatoms. The van der Waals surface area contributed by atoms with Crippen LogP contribution in [0, 0.1) is 6.92 Å². The molecule has 160 valence electrons. The number of thioether (sulfide) groups is 1. The number of benzene rings is 2. The molecule has 0 aliphatic carbocycles. The lowest BCUT2D eigenvalue weighted by Crippen LogP contribution is -2.38. The van der Waals surface area contributed by atoms with Crippen LogP contribution in [-0.2, 0) is 11.2 Å². The summed E-state index contributed by atoms with van der Waals surface area (Å²) in [7, 11) is 1.74. The Morgan fingerprint density at radius 1 is 1.10 bits per heavy atom. The molecule has 6 nitrogen and oxygen atoms in total. The number of ether oxygens (including phenoxy) is 1. The van der Waals surface area contributed by atoms with Gasteiger partial charge in [-0.15, -0.1) is 0 Å². The van der Waals surface area contributed by atoms with Crippen molar-refractivity contribution < 1.29 is 14.3 Å². The lowest BCUT2D eigenvalue weighted by Gasteiger charge is -2.26. The Morgan fingerprint density at radius 3 is 2.50 bits per heavy atom. The van der Waals surface area contributed by atoms with E-state index in [4.69, 9.17) is 4.74 Å². The molecule has 30 heavy (non-hydrogen) atoms. The van der Waals surface area contributed by atoms with Gasteiger partial charge in [0.15, 0.2) is 0 Å². The minimum absolute atomic E-state index is 0.167. The molecule has 3 amide bonds. The van der Waals surface area contributed by atoms with Crippen LogP contribution in [0.3, 0.4) is 0 Å². The van der Waals surface area contributed by atoms with Gasteiger partial charge in [0.25, 0.3) is 0 Å². The Morgan fingerprint density at radius 2 is 1.80 bits per heavy atom. The number of para-hydroxylation sites is 1. The molecule has 3 rings (SSSR count). The third kappa shape index (κ3) is 6.42. The molecule has 0 spiro atoms. The van der Waals surface area contributed by atoms with Gasteiger partial charge < -0.3 is 19.9 Å². The van der Waals surface area contributed by atoms with Crippen molar-refractivity contribution in [2.24, 2.45) is 0 Å². The van der Waals surface area contributed by atoms with E-state index in [-0.39, 0.29) is 11.9 Å². The maximum absolute atomic E-state index is 12.4. The van der Waals surface area contributed by atoms with Gasteiger partial charge in [-0.2, -0.15) is 11.8 Å². The zero-order valence-electron chi connectivity index (χ0n) is 17.6. The van der Waals surface area contributed by atoms with Gasteiger partial charge in [0, 0.05) is 37.3 Å². The van der Waals surface area contributed by atoms with E-state index < -0.39 is 0 Å². The molecule has 1 aliphatic heterocycles. The highest BCUT2D eigenvalue weighted by Gasteiger charge is 2.17. The lowest BCUT2D eigenvalue weighted by molar-refractivity contribution is -0.130. The van der Waals surface area contributed by atoms with Crippen LogP contribution >= 0.6 is 11.8 Å². The molecule has 1 heterocycles. The van der Waals surface area contributed by atoms with Gasteiger partial charge in [0.1, 0.15) is 12.4 Å². The summed E-state index contributed by atoms with van der Waals surface area (Å²) < 4.78 is 5.75. The number of urea groups is 1. The van der Waals surface area contributed by atoms with E-state index in [1.165, 1.54) is 0 Å². The van der Waals surface area contributed by atoms with Crippen LogP contribution in [0.25, 0.3) is 0 Å². The molecular weight excluding hydrogens is 398 g/mol. The highest BCUT2D eigenvalue weighted by atomic mass is 32.2. The van der Waals surface area contributed by atoms with E-state index in [1.54, 1.807) is 11.9 Å².